The zero-order valence-electron chi connectivity index (χ0n) is 20.5. The van der Waals surface area contributed by atoms with Crippen molar-refractivity contribution in [3.05, 3.63) is 51.4 Å². The van der Waals surface area contributed by atoms with Gasteiger partial charge in [0.05, 0.1) is 22.6 Å². The fourth-order valence-electron chi connectivity index (χ4n) is 4.06. The highest BCUT2D eigenvalue weighted by Crippen LogP contribution is 2.33. The smallest absolute Gasteiger partial charge is 0.330 e. The number of hydrogen-bond donors (Lipinski definition) is 1. The van der Waals surface area contributed by atoms with E-state index in [4.69, 9.17) is 16.4 Å². The Balaban J connectivity index is 1.66. The zero-order valence-corrected chi connectivity index (χ0v) is 21.2. The topological polar surface area (TPSA) is 111 Å². The van der Waals surface area contributed by atoms with Crippen LogP contribution >= 0.6 is 11.6 Å². The molecule has 1 saturated heterocycles. The first-order chi connectivity index (χ1) is 16.5. The van der Waals surface area contributed by atoms with Gasteiger partial charge in [-0.25, -0.2) is 19.6 Å². The third-order valence-electron chi connectivity index (χ3n) is 6.05. The molecule has 11 heteroatoms. The Hall–Kier alpha value is -3.24. The molecule has 0 spiro atoms. The second-order valence-corrected chi connectivity index (χ2v) is 10.1. The molecule has 0 unspecified atom stereocenters. The van der Waals surface area contributed by atoms with E-state index < -0.39 is 11.3 Å². The maximum atomic E-state index is 13.3. The summed E-state index contributed by atoms with van der Waals surface area (Å²) in [6.45, 7) is 8.16. The fraction of sp³-hybridized carbons (Fsp3) is 0.458. The number of imidazole rings is 1. The predicted molar refractivity (Wildman–Crippen MR) is 132 cm³/mol. The molecule has 0 aromatic carbocycles. The Bertz CT molecular complexity index is 1350. The molecule has 1 amide bonds. The molecule has 4 rings (SSSR count). The molecule has 3 aromatic heterocycles. The van der Waals surface area contributed by atoms with E-state index in [2.05, 4.69) is 15.3 Å². The summed E-state index contributed by atoms with van der Waals surface area (Å²) < 4.78 is 3.15. The molecule has 186 valence electrons. The van der Waals surface area contributed by atoms with E-state index in [-0.39, 0.29) is 34.2 Å². The molecule has 1 aliphatic rings. The summed E-state index contributed by atoms with van der Waals surface area (Å²) in [7, 11) is 1.66. The number of aryl methyl sites for hydroxylation is 2. The highest BCUT2D eigenvalue weighted by molar-refractivity contribution is 6.34. The summed E-state index contributed by atoms with van der Waals surface area (Å²) in [5, 5.41) is 4.54. The van der Waals surface area contributed by atoms with Crippen molar-refractivity contribution in [1.82, 2.24) is 24.2 Å². The third kappa shape index (κ3) is 4.94. The van der Waals surface area contributed by atoms with Gasteiger partial charge in [0.1, 0.15) is 11.4 Å². The number of pyridine rings is 2. The van der Waals surface area contributed by atoms with Crippen molar-refractivity contribution in [2.75, 3.05) is 18.4 Å². The summed E-state index contributed by atoms with van der Waals surface area (Å²) in [6, 6.07) is 4.97. The van der Waals surface area contributed by atoms with Gasteiger partial charge in [-0.05, 0) is 52.7 Å². The molecule has 1 fully saturated rings. The maximum Gasteiger partial charge on any atom is 0.330 e. The molecule has 0 radical (unpaired) electrons. The van der Waals surface area contributed by atoms with Crippen molar-refractivity contribution in [3.63, 3.8) is 0 Å². The third-order valence-corrected chi connectivity index (χ3v) is 6.34. The number of piperidine rings is 1. The van der Waals surface area contributed by atoms with E-state index in [1.807, 2.05) is 0 Å². The Morgan fingerprint density at radius 1 is 1.20 bits per heavy atom. The number of aromatic nitrogens is 4. The molecule has 0 bridgehead atoms. The van der Waals surface area contributed by atoms with Crippen LogP contribution in [0.25, 0.3) is 11.0 Å². The molecule has 1 aliphatic heterocycles. The lowest BCUT2D eigenvalue weighted by Gasteiger charge is -2.32. The van der Waals surface area contributed by atoms with Crippen molar-refractivity contribution >= 4 is 40.2 Å². The first kappa shape index (κ1) is 24.9. The lowest BCUT2D eigenvalue weighted by Crippen LogP contribution is -2.40. The Labute approximate surface area is 207 Å². The van der Waals surface area contributed by atoms with Crippen molar-refractivity contribution in [1.29, 1.82) is 0 Å². The van der Waals surface area contributed by atoms with Crippen molar-refractivity contribution in [2.45, 2.75) is 46.6 Å². The molecular formula is C24H29ClN6O4. The van der Waals surface area contributed by atoms with Gasteiger partial charge >= 0.3 is 11.7 Å². The largest absolute Gasteiger partial charge is 0.367 e. The monoisotopic (exact) mass is 500 g/mol. The number of carbonyl (C=O) groups excluding carboxylic acids is 2. The van der Waals surface area contributed by atoms with Crippen LogP contribution in [-0.4, -0.2) is 49.1 Å². The number of nitrogens with one attached hydrogen (secondary N) is 1. The minimum Gasteiger partial charge on any atom is -0.367 e. The van der Waals surface area contributed by atoms with Crippen LogP contribution in [0.5, 0.6) is 0 Å². The molecule has 0 atom stereocenters. The number of hydrogen-bond acceptors (Lipinski definition) is 7. The summed E-state index contributed by atoms with van der Waals surface area (Å²) in [4.78, 5) is 52.5. The van der Waals surface area contributed by atoms with Crippen molar-refractivity contribution < 1.29 is 14.4 Å². The first-order valence-electron chi connectivity index (χ1n) is 11.4. The van der Waals surface area contributed by atoms with Gasteiger partial charge in [0.15, 0.2) is 5.15 Å². The minimum absolute atomic E-state index is 0.0781. The van der Waals surface area contributed by atoms with Crippen molar-refractivity contribution in [3.8, 4) is 0 Å². The number of hydroxylamine groups is 2. The minimum atomic E-state index is -0.605. The summed E-state index contributed by atoms with van der Waals surface area (Å²) >= 11 is 6.43. The van der Waals surface area contributed by atoms with Gasteiger partial charge in [-0.2, -0.15) is 0 Å². The fourth-order valence-corrected chi connectivity index (χ4v) is 4.25. The van der Waals surface area contributed by atoms with E-state index in [9.17, 15) is 14.4 Å². The Morgan fingerprint density at radius 2 is 1.89 bits per heavy atom. The van der Waals surface area contributed by atoms with Crippen LogP contribution in [0.15, 0.2) is 29.2 Å². The van der Waals surface area contributed by atoms with Gasteiger partial charge in [-0.15, -0.1) is 5.06 Å². The van der Waals surface area contributed by atoms with Crippen LogP contribution in [0.3, 0.4) is 0 Å². The number of fused-ring (bicyclic) bond motifs is 1. The Morgan fingerprint density at radius 3 is 2.51 bits per heavy atom. The average molecular weight is 501 g/mol. The van der Waals surface area contributed by atoms with Crippen LogP contribution in [-0.2, 0) is 16.7 Å². The normalized spacial score (nSPS) is 15.4. The van der Waals surface area contributed by atoms with Gasteiger partial charge in [0, 0.05) is 31.9 Å². The van der Waals surface area contributed by atoms with Gasteiger partial charge in [0.2, 0.25) is 0 Å². The highest BCUT2D eigenvalue weighted by Gasteiger charge is 2.31. The highest BCUT2D eigenvalue weighted by atomic mass is 35.5. The van der Waals surface area contributed by atoms with Gasteiger partial charge in [-0.1, -0.05) is 17.7 Å². The van der Waals surface area contributed by atoms with Gasteiger partial charge in [0.25, 0.3) is 5.91 Å². The second-order valence-electron chi connectivity index (χ2n) is 9.78. The molecular weight excluding hydrogens is 472 g/mol. The standard InChI is InChI=1S/C24H29ClN6O4/c1-14-7-6-8-16(27-14)21(32)28-18-19-17(13-26-20(18)25)29(5)23(34)31(19)15-9-11-30(12-10-15)35-22(33)24(2,3)4/h6-8,13,15H,9-12H2,1-5H3,(H,28,32). The lowest BCUT2D eigenvalue weighted by molar-refractivity contribution is -0.205. The number of nitrogens with zero attached hydrogens (tertiary/aromatic N) is 5. The van der Waals surface area contributed by atoms with Crippen LogP contribution in [0.1, 0.15) is 55.8 Å². The zero-order chi connectivity index (χ0) is 25.5. The molecule has 35 heavy (non-hydrogen) atoms. The molecule has 1 N–H and O–H groups in total. The summed E-state index contributed by atoms with van der Waals surface area (Å²) in [5.74, 6) is -0.748. The van der Waals surface area contributed by atoms with Crippen LogP contribution in [0, 0.1) is 12.3 Å². The van der Waals surface area contributed by atoms with Crippen molar-refractivity contribution in [2.24, 2.45) is 12.5 Å². The van der Waals surface area contributed by atoms with E-state index >= 15 is 0 Å². The molecule has 0 aliphatic carbocycles. The summed E-state index contributed by atoms with van der Waals surface area (Å²) in [5.41, 5.74) is 1.41. The number of amides is 1. The number of carbonyl (C=O) groups is 2. The van der Waals surface area contributed by atoms with E-state index in [1.165, 1.54) is 10.8 Å². The van der Waals surface area contributed by atoms with E-state index in [1.54, 1.807) is 62.6 Å². The lowest BCUT2D eigenvalue weighted by atomic mass is 9.98. The molecule has 0 saturated carbocycles. The van der Waals surface area contributed by atoms with Gasteiger partial charge in [-0.3, -0.25) is 13.9 Å². The average Bonchev–Trinajstić information content (AvgIpc) is 3.06. The van der Waals surface area contributed by atoms with Crippen LogP contribution < -0.4 is 11.0 Å². The second kappa shape index (κ2) is 9.43. The number of anilines is 1. The van der Waals surface area contributed by atoms with E-state index in [0.29, 0.717) is 42.7 Å². The van der Waals surface area contributed by atoms with Crippen LogP contribution in [0.4, 0.5) is 5.69 Å². The maximum absolute atomic E-state index is 13.3. The molecule has 10 nitrogen and oxygen atoms in total. The predicted octanol–water partition coefficient (Wildman–Crippen LogP) is 3.49. The molecule has 3 aromatic rings. The first-order valence-corrected chi connectivity index (χ1v) is 11.8. The van der Waals surface area contributed by atoms with Crippen LogP contribution in [0.2, 0.25) is 5.15 Å². The number of rotatable bonds is 4. The Kier molecular flexibility index (Phi) is 6.70. The van der Waals surface area contributed by atoms with E-state index in [0.717, 1.165) is 0 Å². The summed E-state index contributed by atoms with van der Waals surface area (Å²) in [6.07, 6.45) is 2.67. The quantitative estimate of drug-likeness (QED) is 0.546. The van der Waals surface area contributed by atoms with Gasteiger partial charge < -0.3 is 10.2 Å². The number of halogens is 1. The molecule has 4 heterocycles. The SMILES string of the molecule is Cc1cccc(C(=O)Nc2c(Cl)ncc3c2n(C2CCN(OC(=O)C(C)(C)C)CC2)c(=O)n3C)n1.